The summed E-state index contributed by atoms with van der Waals surface area (Å²) in [6.45, 7) is 4.07. The van der Waals surface area contributed by atoms with Gasteiger partial charge in [-0.1, -0.05) is 11.6 Å². The number of hydrogen-bond acceptors (Lipinski definition) is 5. The monoisotopic (exact) mass is 319 g/mol. The fraction of sp³-hybridized carbons (Fsp3) is 0.538. The molecule has 1 heterocycles. The normalized spacial score (nSPS) is 16.9. The Morgan fingerprint density at radius 2 is 1.75 bits per heavy atom. The molecule has 1 aliphatic heterocycles. The molecule has 0 aliphatic carbocycles. The van der Waals surface area contributed by atoms with Crippen LogP contribution in [0.15, 0.2) is 12.1 Å². The standard InChI is InChI=1S/C13H18ClNO4S/c1-13(2,20(3,16)17)12(15)8-6-10-11(7-9(8)14)19-5-4-18-10/h6-7,12H,4-5,15H2,1-3H3. The van der Waals surface area contributed by atoms with Crippen molar-refractivity contribution in [3.8, 4) is 11.5 Å². The molecule has 0 aromatic heterocycles. The van der Waals surface area contributed by atoms with Crippen molar-refractivity contribution >= 4 is 21.4 Å². The van der Waals surface area contributed by atoms with Gasteiger partial charge in [0, 0.05) is 17.3 Å². The lowest BCUT2D eigenvalue weighted by molar-refractivity contribution is 0.171. The second kappa shape index (κ2) is 5.09. The van der Waals surface area contributed by atoms with Crippen LogP contribution >= 0.6 is 11.6 Å². The first kappa shape index (κ1) is 15.4. The van der Waals surface area contributed by atoms with Crippen LogP contribution < -0.4 is 15.2 Å². The highest BCUT2D eigenvalue weighted by atomic mass is 35.5. The van der Waals surface area contributed by atoms with Gasteiger partial charge in [0.2, 0.25) is 0 Å². The zero-order valence-corrected chi connectivity index (χ0v) is 13.2. The van der Waals surface area contributed by atoms with Crippen LogP contribution in [0.4, 0.5) is 0 Å². The fourth-order valence-corrected chi connectivity index (χ4v) is 2.78. The third kappa shape index (κ3) is 2.60. The van der Waals surface area contributed by atoms with Gasteiger partial charge in [0.05, 0.1) is 10.8 Å². The Kier molecular flexibility index (Phi) is 3.92. The molecule has 1 atom stereocenters. The van der Waals surface area contributed by atoms with E-state index in [4.69, 9.17) is 26.8 Å². The second-order valence-electron chi connectivity index (χ2n) is 5.37. The summed E-state index contributed by atoms with van der Waals surface area (Å²) in [6.07, 6.45) is 1.17. The maximum absolute atomic E-state index is 11.9. The van der Waals surface area contributed by atoms with E-state index in [0.29, 0.717) is 35.3 Å². The van der Waals surface area contributed by atoms with Crippen molar-refractivity contribution in [2.75, 3.05) is 19.5 Å². The van der Waals surface area contributed by atoms with Crippen LogP contribution in [0.3, 0.4) is 0 Å². The molecular formula is C13H18ClNO4S. The zero-order valence-electron chi connectivity index (χ0n) is 11.6. The molecule has 0 fully saturated rings. The molecule has 0 amide bonds. The van der Waals surface area contributed by atoms with Gasteiger partial charge in [0.15, 0.2) is 21.3 Å². The van der Waals surface area contributed by atoms with Crippen LogP contribution in [-0.2, 0) is 9.84 Å². The second-order valence-corrected chi connectivity index (χ2v) is 8.37. The molecular weight excluding hydrogens is 302 g/mol. The van der Waals surface area contributed by atoms with Gasteiger partial charge in [-0.05, 0) is 25.5 Å². The largest absolute Gasteiger partial charge is 0.486 e. The van der Waals surface area contributed by atoms with Crippen LogP contribution in [-0.4, -0.2) is 32.6 Å². The van der Waals surface area contributed by atoms with E-state index in [2.05, 4.69) is 0 Å². The van der Waals surface area contributed by atoms with E-state index in [9.17, 15) is 8.42 Å². The highest BCUT2D eigenvalue weighted by Crippen LogP contribution is 2.41. The van der Waals surface area contributed by atoms with E-state index in [1.807, 2.05) is 0 Å². The van der Waals surface area contributed by atoms with Crippen molar-refractivity contribution < 1.29 is 17.9 Å². The van der Waals surface area contributed by atoms with Crippen molar-refractivity contribution in [1.82, 2.24) is 0 Å². The van der Waals surface area contributed by atoms with Crippen LogP contribution in [0.2, 0.25) is 5.02 Å². The third-order valence-corrected chi connectivity index (χ3v) is 6.19. The Balaban J connectivity index is 2.48. The molecule has 5 nitrogen and oxygen atoms in total. The Morgan fingerprint density at radius 1 is 1.25 bits per heavy atom. The summed E-state index contributed by atoms with van der Waals surface area (Å²) < 4.78 is 33.5. The highest BCUT2D eigenvalue weighted by molar-refractivity contribution is 7.92. The minimum atomic E-state index is -3.34. The molecule has 0 bridgehead atoms. The number of sulfone groups is 1. The maximum atomic E-state index is 11.9. The zero-order chi connectivity index (χ0) is 15.1. The molecule has 0 radical (unpaired) electrons. The Bertz CT molecular complexity index is 628. The summed E-state index contributed by atoms with van der Waals surface area (Å²) in [6, 6.07) is 2.51. The number of nitrogens with two attached hydrogens (primary N) is 1. The van der Waals surface area contributed by atoms with E-state index in [1.165, 1.54) is 6.26 Å². The summed E-state index contributed by atoms with van der Waals surface area (Å²) in [5, 5.41) is 0.374. The Morgan fingerprint density at radius 3 is 2.25 bits per heavy atom. The molecule has 1 aromatic rings. The van der Waals surface area contributed by atoms with Crippen molar-refractivity contribution in [3.63, 3.8) is 0 Å². The SMILES string of the molecule is CC(C)(C(N)c1cc2c(cc1Cl)OCCO2)S(C)(=O)=O. The van der Waals surface area contributed by atoms with Gasteiger partial charge in [-0.25, -0.2) is 8.42 Å². The predicted molar refractivity (Wildman–Crippen MR) is 78.3 cm³/mol. The molecule has 1 aliphatic rings. The molecule has 2 N–H and O–H groups in total. The first-order chi connectivity index (χ1) is 9.14. The number of ether oxygens (including phenoxy) is 2. The van der Waals surface area contributed by atoms with E-state index in [1.54, 1.807) is 26.0 Å². The number of benzene rings is 1. The van der Waals surface area contributed by atoms with Crippen LogP contribution in [0.1, 0.15) is 25.5 Å². The lowest BCUT2D eigenvalue weighted by Gasteiger charge is -2.31. The van der Waals surface area contributed by atoms with Gasteiger partial charge in [-0.15, -0.1) is 0 Å². The lowest BCUT2D eigenvalue weighted by atomic mass is 9.95. The summed E-state index contributed by atoms with van der Waals surface area (Å²) in [7, 11) is -3.34. The van der Waals surface area contributed by atoms with Crippen molar-refractivity contribution in [3.05, 3.63) is 22.7 Å². The summed E-state index contributed by atoms with van der Waals surface area (Å²) in [4.78, 5) is 0. The molecule has 20 heavy (non-hydrogen) atoms. The molecule has 112 valence electrons. The topological polar surface area (TPSA) is 78.6 Å². The minimum absolute atomic E-state index is 0.374. The molecule has 1 aromatic carbocycles. The van der Waals surface area contributed by atoms with Gasteiger partial charge in [-0.2, -0.15) is 0 Å². The lowest BCUT2D eigenvalue weighted by Crippen LogP contribution is -2.42. The third-order valence-electron chi connectivity index (χ3n) is 3.70. The van der Waals surface area contributed by atoms with Gasteiger partial charge in [0.1, 0.15) is 13.2 Å². The Hall–Kier alpha value is -0.980. The molecule has 7 heteroatoms. The van der Waals surface area contributed by atoms with Crippen molar-refractivity contribution in [2.45, 2.75) is 24.6 Å². The first-order valence-corrected chi connectivity index (χ1v) is 8.46. The van der Waals surface area contributed by atoms with Gasteiger partial charge >= 0.3 is 0 Å². The fourth-order valence-electron chi connectivity index (χ4n) is 1.92. The van der Waals surface area contributed by atoms with E-state index >= 15 is 0 Å². The highest BCUT2D eigenvalue weighted by Gasteiger charge is 2.39. The minimum Gasteiger partial charge on any atom is -0.486 e. The summed E-state index contributed by atoms with van der Waals surface area (Å²) >= 11 is 6.20. The molecule has 0 saturated heterocycles. The van der Waals surface area contributed by atoms with E-state index < -0.39 is 20.6 Å². The van der Waals surface area contributed by atoms with E-state index in [0.717, 1.165) is 0 Å². The predicted octanol–water partition coefficient (Wildman–Crippen LogP) is 1.93. The first-order valence-electron chi connectivity index (χ1n) is 6.19. The average Bonchev–Trinajstić information content (AvgIpc) is 2.35. The molecule has 1 unspecified atom stereocenters. The van der Waals surface area contributed by atoms with Gasteiger partial charge in [-0.3, -0.25) is 0 Å². The summed E-state index contributed by atoms with van der Waals surface area (Å²) in [5.41, 5.74) is 6.67. The molecule has 2 rings (SSSR count). The average molecular weight is 320 g/mol. The molecule has 0 spiro atoms. The number of fused-ring (bicyclic) bond motifs is 1. The smallest absolute Gasteiger partial charge is 0.162 e. The molecule has 0 saturated carbocycles. The van der Waals surface area contributed by atoms with Crippen LogP contribution in [0.5, 0.6) is 11.5 Å². The van der Waals surface area contributed by atoms with Gasteiger partial charge < -0.3 is 15.2 Å². The van der Waals surface area contributed by atoms with Crippen LogP contribution in [0, 0.1) is 0 Å². The van der Waals surface area contributed by atoms with Crippen molar-refractivity contribution in [2.24, 2.45) is 5.73 Å². The number of rotatable bonds is 3. The summed E-state index contributed by atoms with van der Waals surface area (Å²) in [5.74, 6) is 1.09. The quantitative estimate of drug-likeness (QED) is 0.921. The number of hydrogen-bond donors (Lipinski definition) is 1. The maximum Gasteiger partial charge on any atom is 0.162 e. The van der Waals surface area contributed by atoms with Gasteiger partial charge in [0.25, 0.3) is 0 Å². The number of halogens is 1. The Labute approximate surface area is 123 Å². The van der Waals surface area contributed by atoms with Crippen molar-refractivity contribution in [1.29, 1.82) is 0 Å². The van der Waals surface area contributed by atoms with Crippen LogP contribution in [0.25, 0.3) is 0 Å². The van der Waals surface area contributed by atoms with E-state index in [-0.39, 0.29) is 0 Å².